The first-order chi connectivity index (χ1) is 10.6. The minimum atomic E-state index is -0.955. The third kappa shape index (κ3) is 2.65. The van der Waals surface area contributed by atoms with Crippen molar-refractivity contribution in [1.82, 2.24) is 4.98 Å². The predicted octanol–water partition coefficient (Wildman–Crippen LogP) is 4.84. The molecule has 0 unspecified atom stereocenters. The lowest BCUT2D eigenvalue weighted by molar-refractivity contribution is 0.103. The minimum absolute atomic E-state index is 0.224. The summed E-state index contributed by atoms with van der Waals surface area (Å²) >= 11 is 5.81. The third-order valence-corrected chi connectivity index (χ3v) is 3.58. The van der Waals surface area contributed by atoms with Gasteiger partial charge in [-0.15, -0.1) is 0 Å². The average molecular weight is 318 g/mol. The fourth-order valence-corrected chi connectivity index (χ4v) is 2.34. The van der Waals surface area contributed by atoms with Gasteiger partial charge in [-0.2, -0.15) is 0 Å². The van der Waals surface area contributed by atoms with Gasteiger partial charge in [-0.1, -0.05) is 17.7 Å². The summed E-state index contributed by atoms with van der Waals surface area (Å²) in [5.74, 6) is -2.11. The van der Waals surface area contributed by atoms with Crippen LogP contribution in [0.1, 0.15) is 15.9 Å². The standard InChI is InChI=1S/C17H10ClF2NO/c18-12-4-1-10(2-5-12)17(22)14-9-21-8-13(14)11-3-6-15(19)16(20)7-11/h1-9,21H. The molecule has 3 aromatic rings. The summed E-state index contributed by atoms with van der Waals surface area (Å²) in [6.45, 7) is 0. The van der Waals surface area contributed by atoms with E-state index in [4.69, 9.17) is 11.6 Å². The number of hydrogen-bond acceptors (Lipinski definition) is 1. The predicted molar refractivity (Wildman–Crippen MR) is 81.0 cm³/mol. The Morgan fingerprint density at radius 1 is 0.955 bits per heavy atom. The fraction of sp³-hybridized carbons (Fsp3) is 0. The highest BCUT2D eigenvalue weighted by Gasteiger charge is 2.17. The molecule has 0 aliphatic carbocycles. The van der Waals surface area contributed by atoms with E-state index in [1.807, 2.05) is 0 Å². The van der Waals surface area contributed by atoms with Crippen LogP contribution in [0.3, 0.4) is 0 Å². The van der Waals surface area contributed by atoms with E-state index in [-0.39, 0.29) is 5.78 Å². The molecule has 3 rings (SSSR count). The normalized spacial score (nSPS) is 10.7. The molecular formula is C17H10ClF2NO. The maximum Gasteiger partial charge on any atom is 0.195 e. The van der Waals surface area contributed by atoms with Crippen molar-refractivity contribution in [3.05, 3.63) is 82.6 Å². The highest BCUT2D eigenvalue weighted by molar-refractivity contribution is 6.30. The van der Waals surface area contributed by atoms with Crippen molar-refractivity contribution in [2.75, 3.05) is 0 Å². The van der Waals surface area contributed by atoms with Crippen LogP contribution in [0.25, 0.3) is 11.1 Å². The molecule has 0 amide bonds. The molecule has 0 bridgehead atoms. The molecule has 110 valence electrons. The van der Waals surface area contributed by atoms with Crippen LogP contribution >= 0.6 is 11.6 Å². The zero-order chi connectivity index (χ0) is 15.7. The van der Waals surface area contributed by atoms with Gasteiger partial charge in [-0.3, -0.25) is 4.79 Å². The second kappa shape index (κ2) is 5.73. The summed E-state index contributed by atoms with van der Waals surface area (Å²) in [7, 11) is 0. The Labute approximate surface area is 130 Å². The van der Waals surface area contributed by atoms with Gasteiger partial charge in [0, 0.05) is 34.1 Å². The Balaban J connectivity index is 2.03. The van der Waals surface area contributed by atoms with E-state index in [9.17, 15) is 13.6 Å². The van der Waals surface area contributed by atoms with Gasteiger partial charge in [0.1, 0.15) is 0 Å². The van der Waals surface area contributed by atoms with Gasteiger partial charge in [0.15, 0.2) is 17.4 Å². The molecule has 0 radical (unpaired) electrons. The molecule has 2 aromatic carbocycles. The van der Waals surface area contributed by atoms with Crippen LogP contribution in [0.4, 0.5) is 8.78 Å². The van der Waals surface area contributed by atoms with E-state index in [2.05, 4.69) is 4.98 Å². The number of ketones is 1. The molecular weight excluding hydrogens is 308 g/mol. The van der Waals surface area contributed by atoms with Gasteiger partial charge < -0.3 is 4.98 Å². The molecule has 1 aromatic heterocycles. The molecule has 1 N–H and O–H groups in total. The molecule has 2 nitrogen and oxygen atoms in total. The smallest absolute Gasteiger partial charge is 0.195 e. The van der Waals surface area contributed by atoms with Crippen LogP contribution in [0, 0.1) is 11.6 Å². The van der Waals surface area contributed by atoms with Crippen molar-refractivity contribution >= 4 is 17.4 Å². The maximum atomic E-state index is 13.4. The van der Waals surface area contributed by atoms with Gasteiger partial charge in [-0.05, 0) is 42.0 Å². The molecule has 0 fully saturated rings. The van der Waals surface area contributed by atoms with Crippen LogP contribution in [-0.2, 0) is 0 Å². The number of aromatic nitrogens is 1. The Kier molecular flexibility index (Phi) is 3.77. The molecule has 1 heterocycles. The summed E-state index contributed by atoms with van der Waals surface area (Å²) in [6, 6.07) is 10.0. The Morgan fingerprint density at radius 3 is 2.36 bits per heavy atom. The Hall–Kier alpha value is -2.46. The summed E-state index contributed by atoms with van der Waals surface area (Å²) in [6.07, 6.45) is 3.11. The first-order valence-corrected chi connectivity index (χ1v) is 6.86. The second-order valence-corrected chi connectivity index (χ2v) is 5.18. The van der Waals surface area contributed by atoms with Crippen molar-refractivity contribution in [3.8, 4) is 11.1 Å². The highest BCUT2D eigenvalue weighted by atomic mass is 35.5. The first-order valence-electron chi connectivity index (χ1n) is 6.49. The number of H-pyrrole nitrogens is 1. The van der Waals surface area contributed by atoms with Crippen LogP contribution in [0.2, 0.25) is 5.02 Å². The van der Waals surface area contributed by atoms with E-state index < -0.39 is 11.6 Å². The first kappa shape index (κ1) is 14.5. The molecule has 0 saturated heterocycles. The Bertz CT molecular complexity index is 840. The van der Waals surface area contributed by atoms with E-state index in [1.54, 1.807) is 30.5 Å². The number of nitrogens with one attached hydrogen (secondary N) is 1. The number of aromatic amines is 1. The van der Waals surface area contributed by atoms with Gasteiger partial charge >= 0.3 is 0 Å². The van der Waals surface area contributed by atoms with E-state index in [0.717, 1.165) is 12.1 Å². The Morgan fingerprint density at radius 2 is 1.68 bits per heavy atom. The third-order valence-electron chi connectivity index (χ3n) is 3.33. The van der Waals surface area contributed by atoms with Crippen molar-refractivity contribution in [3.63, 3.8) is 0 Å². The quantitative estimate of drug-likeness (QED) is 0.689. The minimum Gasteiger partial charge on any atom is -0.366 e. The zero-order valence-electron chi connectivity index (χ0n) is 11.2. The topological polar surface area (TPSA) is 32.9 Å². The molecule has 0 aliphatic rings. The monoisotopic (exact) mass is 317 g/mol. The van der Waals surface area contributed by atoms with E-state index >= 15 is 0 Å². The molecule has 5 heteroatoms. The molecule has 0 atom stereocenters. The molecule has 0 spiro atoms. The van der Waals surface area contributed by atoms with Gasteiger partial charge in [0.25, 0.3) is 0 Å². The van der Waals surface area contributed by atoms with Crippen LogP contribution in [0.15, 0.2) is 54.9 Å². The molecule has 22 heavy (non-hydrogen) atoms. The second-order valence-electron chi connectivity index (χ2n) is 4.75. The highest BCUT2D eigenvalue weighted by Crippen LogP contribution is 2.27. The van der Waals surface area contributed by atoms with Crippen LogP contribution < -0.4 is 0 Å². The van der Waals surface area contributed by atoms with Crippen molar-refractivity contribution in [2.24, 2.45) is 0 Å². The number of carbonyl (C=O) groups excluding carboxylic acids is 1. The number of carbonyl (C=O) groups is 1. The fourth-order valence-electron chi connectivity index (χ4n) is 2.21. The average Bonchev–Trinajstić information content (AvgIpc) is 2.99. The lowest BCUT2D eigenvalue weighted by Gasteiger charge is -2.05. The molecule has 0 saturated carbocycles. The van der Waals surface area contributed by atoms with Gasteiger partial charge in [-0.25, -0.2) is 8.78 Å². The van der Waals surface area contributed by atoms with Crippen molar-refractivity contribution < 1.29 is 13.6 Å². The summed E-state index contributed by atoms with van der Waals surface area (Å²) in [5.41, 5.74) is 1.79. The SMILES string of the molecule is O=C(c1ccc(Cl)cc1)c1c[nH]cc1-c1ccc(F)c(F)c1. The summed E-state index contributed by atoms with van der Waals surface area (Å²) in [4.78, 5) is 15.4. The van der Waals surface area contributed by atoms with E-state index in [0.29, 0.717) is 27.3 Å². The summed E-state index contributed by atoms with van der Waals surface area (Å²) in [5, 5.41) is 0.534. The number of benzene rings is 2. The number of rotatable bonds is 3. The van der Waals surface area contributed by atoms with Gasteiger partial charge in [0.2, 0.25) is 0 Å². The number of hydrogen-bond donors (Lipinski definition) is 1. The lowest BCUT2D eigenvalue weighted by atomic mass is 9.98. The van der Waals surface area contributed by atoms with Crippen LogP contribution in [-0.4, -0.2) is 10.8 Å². The van der Waals surface area contributed by atoms with Crippen molar-refractivity contribution in [1.29, 1.82) is 0 Å². The van der Waals surface area contributed by atoms with Crippen LogP contribution in [0.5, 0.6) is 0 Å². The lowest BCUT2D eigenvalue weighted by Crippen LogP contribution is -2.01. The maximum absolute atomic E-state index is 13.4. The summed E-state index contributed by atoms with van der Waals surface area (Å²) < 4.78 is 26.4. The number of halogens is 3. The van der Waals surface area contributed by atoms with E-state index in [1.165, 1.54) is 12.3 Å². The van der Waals surface area contributed by atoms with Crippen molar-refractivity contribution in [2.45, 2.75) is 0 Å². The largest absolute Gasteiger partial charge is 0.366 e. The molecule has 0 aliphatic heterocycles. The van der Waals surface area contributed by atoms with Gasteiger partial charge in [0.05, 0.1) is 0 Å². The zero-order valence-corrected chi connectivity index (χ0v) is 12.0.